The Balaban J connectivity index is 2.54. The van der Waals surface area contributed by atoms with E-state index in [-0.39, 0.29) is 23.9 Å². The molecule has 1 rings (SSSR count). The first-order chi connectivity index (χ1) is 7.84. The summed E-state index contributed by atoms with van der Waals surface area (Å²) in [6.07, 6.45) is 0.634. The molecule has 0 saturated carbocycles. The number of carbonyl (C=O) groups excluding carboxylic acids is 1. The number of rotatable bonds is 4. The molecule has 1 fully saturated rings. The molecule has 0 aromatic heterocycles. The molecule has 1 aliphatic heterocycles. The predicted octanol–water partition coefficient (Wildman–Crippen LogP) is 0.648. The number of aliphatic carboxylic acids is 1. The minimum absolute atomic E-state index is 0.0536. The molecule has 98 valence electrons. The van der Waals surface area contributed by atoms with Crippen molar-refractivity contribution in [2.24, 2.45) is 5.92 Å². The molecule has 0 aromatic carbocycles. The standard InChI is InChI=1S/C12H22N2O3/c1-8(2)13(4)11(15)7-14-6-5-10(9(14)3)12(16)17/h8-10H,5-7H2,1-4H3,(H,16,17). The van der Waals surface area contributed by atoms with E-state index in [2.05, 4.69) is 0 Å². The number of carboxylic acids is 1. The first-order valence-corrected chi connectivity index (χ1v) is 6.07. The third-order valence-electron chi connectivity index (χ3n) is 3.71. The molecular weight excluding hydrogens is 220 g/mol. The maximum absolute atomic E-state index is 11.9. The highest BCUT2D eigenvalue weighted by Gasteiger charge is 2.36. The second kappa shape index (κ2) is 5.49. The van der Waals surface area contributed by atoms with Crippen molar-refractivity contribution in [1.82, 2.24) is 9.80 Å². The Kier molecular flexibility index (Phi) is 4.51. The van der Waals surface area contributed by atoms with E-state index >= 15 is 0 Å². The zero-order valence-electron chi connectivity index (χ0n) is 11.0. The molecule has 2 atom stereocenters. The Morgan fingerprint density at radius 3 is 2.47 bits per heavy atom. The molecule has 1 aliphatic rings. The van der Waals surface area contributed by atoms with E-state index in [1.54, 1.807) is 11.9 Å². The average Bonchev–Trinajstić information content (AvgIpc) is 2.59. The van der Waals surface area contributed by atoms with Crippen LogP contribution in [0.5, 0.6) is 0 Å². The first kappa shape index (κ1) is 14.0. The summed E-state index contributed by atoms with van der Waals surface area (Å²) in [5.74, 6) is -1.05. The second-order valence-corrected chi connectivity index (χ2v) is 5.04. The fourth-order valence-electron chi connectivity index (χ4n) is 2.13. The van der Waals surface area contributed by atoms with Gasteiger partial charge in [0.2, 0.25) is 5.91 Å². The van der Waals surface area contributed by atoms with Gasteiger partial charge >= 0.3 is 5.97 Å². The molecule has 17 heavy (non-hydrogen) atoms. The Labute approximate surface area is 102 Å². The second-order valence-electron chi connectivity index (χ2n) is 5.04. The zero-order valence-corrected chi connectivity index (χ0v) is 11.0. The predicted molar refractivity (Wildman–Crippen MR) is 64.7 cm³/mol. The van der Waals surface area contributed by atoms with E-state index in [0.29, 0.717) is 19.5 Å². The molecule has 0 spiro atoms. The van der Waals surface area contributed by atoms with Crippen LogP contribution in [-0.4, -0.2) is 59.0 Å². The molecule has 0 aliphatic carbocycles. The van der Waals surface area contributed by atoms with Crippen molar-refractivity contribution in [3.63, 3.8) is 0 Å². The molecule has 1 N–H and O–H groups in total. The fraction of sp³-hybridized carbons (Fsp3) is 0.833. The maximum atomic E-state index is 11.9. The van der Waals surface area contributed by atoms with Crippen molar-refractivity contribution < 1.29 is 14.7 Å². The van der Waals surface area contributed by atoms with Gasteiger partial charge in [-0.2, -0.15) is 0 Å². The van der Waals surface area contributed by atoms with Crippen LogP contribution >= 0.6 is 0 Å². The van der Waals surface area contributed by atoms with Gasteiger partial charge in [0.15, 0.2) is 0 Å². The quantitative estimate of drug-likeness (QED) is 0.786. The van der Waals surface area contributed by atoms with Crippen molar-refractivity contribution in [2.45, 2.75) is 39.3 Å². The molecule has 2 unspecified atom stereocenters. The van der Waals surface area contributed by atoms with Crippen LogP contribution in [0.2, 0.25) is 0 Å². The van der Waals surface area contributed by atoms with Gasteiger partial charge in [-0.15, -0.1) is 0 Å². The summed E-state index contributed by atoms with van der Waals surface area (Å²) >= 11 is 0. The molecule has 1 saturated heterocycles. The smallest absolute Gasteiger partial charge is 0.308 e. The summed E-state index contributed by atoms with van der Waals surface area (Å²) in [5, 5.41) is 9.01. The topological polar surface area (TPSA) is 60.9 Å². The summed E-state index contributed by atoms with van der Waals surface area (Å²) in [6.45, 7) is 6.82. The third kappa shape index (κ3) is 3.19. The molecule has 1 heterocycles. The molecule has 5 heteroatoms. The van der Waals surface area contributed by atoms with Gasteiger partial charge in [0.1, 0.15) is 0 Å². The average molecular weight is 242 g/mol. The summed E-state index contributed by atoms with van der Waals surface area (Å²) in [4.78, 5) is 26.5. The normalized spacial score (nSPS) is 25.2. The van der Waals surface area contributed by atoms with Gasteiger partial charge < -0.3 is 10.0 Å². The number of hydrogen-bond acceptors (Lipinski definition) is 3. The molecule has 1 amide bonds. The van der Waals surface area contributed by atoms with Gasteiger partial charge in [-0.25, -0.2) is 0 Å². The number of carbonyl (C=O) groups is 2. The lowest BCUT2D eigenvalue weighted by molar-refractivity contribution is -0.143. The van der Waals surface area contributed by atoms with Crippen LogP contribution in [0, 0.1) is 5.92 Å². The van der Waals surface area contributed by atoms with Crippen LogP contribution in [0.4, 0.5) is 0 Å². The summed E-state index contributed by atoms with van der Waals surface area (Å²) in [7, 11) is 1.78. The lowest BCUT2D eigenvalue weighted by atomic mass is 10.0. The minimum Gasteiger partial charge on any atom is -0.481 e. The largest absolute Gasteiger partial charge is 0.481 e. The van der Waals surface area contributed by atoms with Crippen molar-refractivity contribution in [3.05, 3.63) is 0 Å². The van der Waals surface area contributed by atoms with Crippen LogP contribution in [0.15, 0.2) is 0 Å². The Morgan fingerprint density at radius 2 is 2.06 bits per heavy atom. The molecule has 0 aromatic rings. The van der Waals surface area contributed by atoms with Crippen molar-refractivity contribution in [3.8, 4) is 0 Å². The van der Waals surface area contributed by atoms with Crippen LogP contribution in [0.3, 0.4) is 0 Å². The Bertz CT molecular complexity index is 304. The summed E-state index contributed by atoms with van der Waals surface area (Å²) in [5.41, 5.74) is 0. The summed E-state index contributed by atoms with van der Waals surface area (Å²) in [6, 6.07) is 0.118. The third-order valence-corrected chi connectivity index (χ3v) is 3.71. The van der Waals surface area contributed by atoms with Gasteiger partial charge in [-0.3, -0.25) is 14.5 Å². The van der Waals surface area contributed by atoms with Crippen LogP contribution in [0.25, 0.3) is 0 Å². The van der Waals surface area contributed by atoms with Crippen LogP contribution in [0.1, 0.15) is 27.2 Å². The van der Waals surface area contributed by atoms with Crippen molar-refractivity contribution in [1.29, 1.82) is 0 Å². The highest BCUT2D eigenvalue weighted by Crippen LogP contribution is 2.24. The number of likely N-dealkylation sites (N-methyl/N-ethyl adjacent to an activating group) is 1. The molecule has 0 radical (unpaired) electrons. The molecule has 5 nitrogen and oxygen atoms in total. The fourth-order valence-corrected chi connectivity index (χ4v) is 2.13. The van der Waals surface area contributed by atoms with Gasteiger partial charge in [-0.05, 0) is 33.7 Å². The number of nitrogens with zero attached hydrogens (tertiary/aromatic N) is 2. The highest BCUT2D eigenvalue weighted by atomic mass is 16.4. The number of amides is 1. The number of likely N-dealkylation sites (tertiary alicyclic amines) is 1. The number of hydrogen-bond donors (Lipinski definition) is 1. The number of carboxylic acid groups (broad SMARTS) is 1. The van der Waals surface area contributed by atoms with E-state index < -0.39 is 5.97 Å². The minimum atomic E-state index is -0.760. The van der Waals surface area contributed by atoms with Crippen LogP contribution in [-0.2, 0) is 9.59 Å². The lowest BCUT2D eigenvalue weighted by Gasteiger charge is -2.27. The van der Waals surface area contributed by atoms with E-state index in [1.807, 2.05) is 25.7 Å². The zero-order chi connectivity index (χ0) is 13.2. The van der Waals surface area contributed by atoms with E-state index in [1.165, 1.54) is 0 Å². The first-order valence-electron chi connectivity index (χ1n) is 6.07. The van der Waals surface area contributed by atoms with E-state index in [9.17, 15) is 9.59 Å². The van der Waals surface area contributed by atoms with Crippen molar-refractivity contribution >= 4 is 11.9 Å². The maximum Gasteiger partial charge on any atom is 0.308 e. The van der Waals surface area contributed by atoms with E-state index in [4.69, 9.17) is 5.11 Å². The summed E-state index contributed by atoms with van der Waals surface area (Å²) < 4.78 is 0. The molecule has 0 bridgehead atoms. The van der Waals surface area contributed by atoms with Gasteiger partial charge in [0.25, 0.3) is 0 Å². The van der Waals surface area contributed by atoms with Gasteiger partial charge in [0, 0.05) is 19.1 Å². The Morgan fingerprint density at radius 1 is 1.47 bits per heavy atom. The van der Waals surface area contributed by atoms with Crippen LogP contribution < -0.4 is 0 Å². The Hall–Kier alpha value is -1.10. The van der Waals surface area contributed by atoms with Crippen molar-refractivity contribution in [2.75, 3.05) is 20.1 Å². The molecular formula is C12H22N2O3. The lowest BCUT2D eigenvalue weighted by Crippen LogP contribution is -2.43. The SMILES string of the molecule is CC1C(C(=O)O)CCN1CC(=O)N(C)C(C)C. The monoisotopic (exact) mass is 242 g/mol. The van der Waals surface area contributed by atoms with E-state index in [0.717, 1.165) is 0 Å². The van der Waals surface area contributed by atoms with Gasteiger partial charge in [-0.1, -0.05) is 0 Å². The highest BCUT2D eigenvalue weighted by molar-refractivity contribution is 5.78. The van der Waals surface area contributed by atoms with Gasteiger partial charge in [0.05, 0.1) is 12.5 Å².